The molecule has 1 heterocycles. The van der Waals surface area contributed by atoms with Crippen LogP contribution in [0.1, 0.15) is 5.56 Å². The number of hydrogen-bond donors (Lipinski definition) is 1. The molecule has 3 rings (SSSR count). The summed E-state index contributed by atoms with van der Waals surface area (Å²) in [5, 5.41) is 10.8. The molecule has 0 atom stereocenters. The van der Waals surface area contributed by atoms with Crippen molar-refractivity contribution >= 4 is 29.6 Å². The van der Waals surface area contributed by atoms with Crippen LogP contribution >= 0.6 is 0 Å². The molecule has 1 fully saturated rings. The molecule has 0 bridgehead atoms. The number of benzene rings is 2. The molecule has 0 spiro atoms. The van der Waals surface area contributed by atoms with Crippen LogP contribution in [0.3, 0.4) is 0 Å². The number of rotatable bonds is 5. The van der Waals surface area contributed by atoms with Crippen molar-refractivity contribution in [2.24, 2.45) is 0 Å². The molecule has 8 heteroatoms. The minimum Gasteiger partial charge on any atom is -0.493 e. The largest absolute Gasteiger partial charge is 0.493 e. The van der Waals surface area contributed by atoms with E-state index in [4.69, 9.17) is 14.7 Å². The SMILES string of the molecule is COc1cc(C=C2C(=O)NC(=O)N(c3ccccc3)C2=O)ccc1OCC#N. The first-order valence-corrected chi connectivity index (χ1v) is 8.19. The fourth-order valence-electron chi connectivity index (χ4n) is 2.64. The summed E-state index contributed by atoms with van der Waals surface area (Å²) in [4.78, 5) is 38.1. The van der Waals surface area contributed by atoms with Crippen LogP contribution in [0, 0.1) is 11.3 Å². The number of amides is 4. The molecule has 8 nitrogen and oxygen atoms in total. The Morgan fingerprint density at radius 2 is 1.86 bits per heavy atom. The lowest BCUT2D eigenvalue weighted by atomic mass is 10.1. The van der Waals surface area contributed by atoms with E-state index in [9.17, 15) is 14.4 Å². The highest BCUT2D eigenvalue weighted by atomic mass is 16.5. The Bertz CT molecular complexity index is 1010. The number of carbonyl (C=O) groups excluding carboxylic acids is 3. The summed E-state index contributed by atoms with van der Waals surface area (Å²) in [6, 6.07) is 14.1. The van der Waals surface area contributed by atoms with Gasteiger partial charge in [0.2, 0.25) is 0 Å². The van der Waals surface area contributed by atoms with Gasteiger partial charge < -0.3 is 9.47 Å². The number of carbonyl (C=O) groups is 3. The van der Waals surface area contributed by atoms with Gasteiger partial charge >= 0.3 is 6.03 Å². The molecule has 140 valence electrons. The summed E-state index contributed by atoms with van der Waals surface area (Å²) < 4.78 is 10.5. The van der Waals surface area contributed by atoms with Gasteiger partial charge in [0.15, 0.2) is 18.1 Å². The Morgan fingerprint density at radius 1 is 1.11 bits per heavy atom. The number of ether oxygens (including phenoxy) is 2. The topological polar surface area (TPSA) is 109 Å². The van der Waals surface area contributed by atoms with E-state index in [-0.39, 0.29) is 12.2 Å². The summed E-state index contributed by atoms with van der Waals surface area (Å²) in [6.07, 6.45) is 1.36. The molecule has 1 aliphatic heterocycles. The smallest absolute Gasteiger partial charge is 0.335 e. The van der Waals surface area contributed by atoms with E-state index >= 15 is 0 Å². The zero-order valence-electron chi connectivity index (χ0n) is 14.8. The van der Waals surface area contributed by atoms with Gasteiger partial charge in [-0.15, -0.1) is 0 Å². The summed E-state index contributed by atoms with van der Waals surface area (Å²) in [6.45, 7) is -0.147. The molecular weight excluding hydrogens is 362 g/mol. The van der Waals surface area contributed by atoms with E-state index in [1.54, 1.807) is 48.5 Å². The van der Waals surface area contributed by atoms with E-state index in [1.165, 1.54) is 13.2 Å². The highest BCUT2D eigenvalue weighted by Gasteiger charge is 2.36. The second kappa shape index (κ2) is 8.05. The summed E-state index contributed by atoms with van der Waals surface area (Å²) in [5.74, 6) is -0.828. The molecule has 0 saturated carbocycles. The third-order valence-corrected chi connectivity index (χ3v) is 3.91. The van der Waals surface area contributed by atoms with Crippen molar-refractivity contribution in [2.75, 3.05) is 18.6 Å². The van der Waals surface area contributed by atoms with Gasteiger partial charge in [-0.3, -0.25) is 14.9 Å². The predicted molar refractivity (Wildman–Crippen MR) is 99.5 cm³/mol. The summed E-state index contributed by atoms with van der Waals surface area (Å²) in [5.41, 5.74) is 0.638. The van der Waals surface area contributed by atoms with Crippen LogP contribution in [-0.2, 0) is 9.59 Å². The molecule has 2 aromatic carbocycles. The van der Waals surface area contributed by atoms with Gasteiger partial charge in [-0.1, -0.05) is 24.3 Å². The lowest BCUT2D eigenvalue weighted by molar-refractivity contribution is -0.122. The van der Waals surface area contributed by atoms with Crippen LogP contribution in [-0.4, -0.2) is 31.6 Å². The van der Waals surface area contributed by atoms with Crippen LogP contribution in [0.4, 0.5) is 10.5 Å². The molecule has 4 amide bonds. The second-order valence-electron chi connectivity index (χ2n) is 5.65. The van der Waals surface area contributed by atoms with Gasteiger partial charge in [0.1, 0.15) is 11.6 Å². The number of imide groups is 2. The van der Waals surface area contributed by atoms with Crippen molar-refractivity contribution in [1.82, 2.24) is 5.32 Å². The number of methoxy groups -OCH3 is 1. The molecule has 0 radical (unpaired) electrons. The monoisotopic (exact) mass is 377 g/mol. The zero-order valence-corrected chi connectivity index (χ0v) is 14.8. The maximum atomic E-state index is 12.8. The number of anilines is 1. The van der Waals surface area contributed by atoms with Crippen molar-refractivity contribution in [3.63, 3.8) is 0 Å². The second-order valence-corrected chi connectivity index (χ2v) is 5.65. The van der Waals surface area contributed by atoms with Crippen LogP contribution in [0.25, 0.3) is 6.08 Å². The summed E-state index contributed by atoms with van der Waals surface area (Å²) >= 11 is 0. The lowest BCUT2D eigenvalue weighted by Gasteiger charge is -2.26. The Balaban J connectivity index is 1.96. The fourth-order valence-corrected chi connectivity index (χ4v) is 2.64. The minimum absolute atomic E-state index is 0.147. The van der Waals surface area contributed by atoms with Gasteiger partial charge in [-0.2, -0.15) is 5.26 Å². The van der Waals surface area contributed by atoms with Crippen LogP contribution < -0.4 is 19.7 Å². The highest BCUT2D eigenvalue weighted by Crippen LogP contribution is 2.29. The molecule has 1 N–H and O–H groups in total. The average Bonchev–Trinajstić information content (AvgIpc) is 2.70. The number of nitriles is 1. The van der Waals surface area contributed by atoms with Gasteiger partial charge in [-0.05, 0) is 35.9 Å². The summed E-state index contributed by atoms with van der Waals surface area (Å²) in [7, 11) is 1.43. The van der Waals surface area contributed by atoms with Crippen LogP contribution in [0.15, 0.2) is 54.1 Å². The fraction of sp³-hybridized carbons (Fsp3) is 0.100. The third kappa shape index (κ3) is 3.68. The van der Waals surface area contributed by atoms with E-state index in [0.717, 1.165) is 4.90 Å². The average molecular weight is 377 g/mol. The van der Waals surface area contributed by atoms with Crippen LogP contribution in [0.5, 0.6) is 11.5 Å². The molecule has 0 aliphatic carbocycles. The maximum absolute atomic E-state index is 12.8. The zero-order chi connectivity index (χ0) is 20.1. The van der Waals surface area contributed by atoms with E-state index < -0.39 is 17.8 Å². The molecule has 0 aromatic heterocycles. The lowest BCUT2D eigenvalue weighted by Crippen LogP contribution is -2.54. The first-order chi connectivity index (χ1) is 13.5. The molecule has 1 saturated heterocycles. The van der Waals surface area contributed by atoms with Crippen molar-refractivity contribution in [1.29, 1.82) is 5.26 Å². The first kappa shape index (κ1) is 18.7. The molecule has 28 heavy (non-hydrogen) atoms. The van der Waals surface area contributed by atoms with Gasteiger partial charge in [0.05, 0.1) is 12.8 Å². The number of urea groups is 1. The standard InChI is InChI=1S/C20H15N3O5/c1-27-17-12-13(7-8-16(17)28-10-9-21)11-15-18(24)22-20(26)23(19(15)25)14-5-3-2-4-6-14/h2-8,11-12H,10H2,1H3,(H,22,24,26). The minimum atomic E-state index is -0.809. The normalized spacial score (nSPS) is 15.2. The molecule has 2 aromatic rings. The number of barbiturate groups is 1. The predicted octanol–water partition coefficient (Wildman–Crippen LogP) is 2.26. The van der Waals surface area contributed by atoms with Gasteiger partial charge in [-0.25, -0.2) is 9.69 Å². The van der Waals surface area contributed by atoms with E-state index in [1.807, 2.05) is 6.07 Å². The number of nitrogens with one attached hydrogen (secondary N) is 1. The molecular formula is C20H15N3O5. The quantitative estimate of drug-likeness (QED) is 0.632. The van der Waals surface area contributed by atoms with E-state index in [0.29, 0.717) is 22.7 Å². The van der Waals surface area contributed by atoms with Gasteiger partial charge in [0, 0.05) is 0 Å². The number of para-hydroxylation sites is 1. The first-order valence-electron chi connectivity index (χ1n) is 8.19. The Kier molecular flexibility index (Phi) is 5.37. The Morgan fingerprint density at radius 3 is 2.54 bits per heavy atom. The van der Waals surface area contributed by atoms with Crippen molar-refractivity contribution < 1.29 is 23.9 Å². The third-order valence-electron chi connectivity index (χ3n) is 3.91. The highest BCUT2D eigenvalue weighted by molar-refractivity contribution is 6.39. The number of nitrogens with zero attached hydrogens (tertiary/aromatic N) is 2. The van der Waals surface area contributed by atoms with Crippen molar-refractivity contribution in [2.45, 2.75) is 0 Å². The van der Waals surface area contributed by atoms with Crippen LogP contribution in [0.2, 0.25) is 0 Å². The van der Waals surface area contributed by atoms with Crippen molar-refractivity contribution in [3.05, 3.63) is 59.7 Å². The number of hydrogen-bond acceptors (Lipinski definition) is 6. The molecule has 0 unspecified atom stereocenters. The Labute approximate surface area is 160 Å². The Hall–Kier alpha value is -4.12. The maximum Gasteiger partial charge on any atom is 0.335 e. The molecule has 1 aliphatic rings. The van der Waals surface area contributed by atoms with Crippen molar-refractivity contribution in [3.8, 4) is 17.6 Å². The van der Waals surface area contributed by atoms with Gasteiger partial charge in [0.25, 0.3) is 11.8 Å². The van der Waals surface area contributed by atoms with E-state index in [2.05, 4.69) is 5.32 Å².